The van der Waals surface area contributed by atoms with Gasteiger partial charge in [0.15, 0.2) is 0 Å². The predicted octanol–water partition coefficient (Wildman–Crippen LogP) is 3.97. The maximum absolute atomic E-state index is 9.40. The molecule has 3 heteroatoms. The predicted molar refractivity (Wildman–Crippen MR) is 72.9 cm³/mol. The highest BCUT2D eigenvalue weighted by Gasteiger charge is 2.02. The van der Waals surface area contributed by atoms with Crippen LogP contribution in [0.15, 0.2) is 48.5 Å². The molecule has 0 radical (unpaired) electrons. The van der Waals surface area contributed by atoms with Crippen molar-refractivity contribution in [2.24, 2.45) is 0 Å². The molecular weight excluding hydrogens is 248 g/mol. The van der Waals surface area contributed by atoms with E-state index in [1.54, 1.807) is 6.92 Å². The molecule has 0 fully saturated rings. The average Bonchev–Trinajstić information content (AvgIpc) is 2.38. The topological polar surface area (TPSA) is 29.5 Å². The lowest BCUT2D eigenvalue weighted by atomic mass is 10.1. The summed E-state index contributed by atoms with van der Waals surface area (Å²) < 4.78 is 5.64. The van der Waals surface area contributed by atoms with Crippen molar-refractivity contribution in [1.29, 1.82) is 0 Å². The van der Waals surface area contributed by atoms with Gasteiger partial charge in [-0.1, -0.05) is 41.9 Å². The molecule has 2 aromatic rings. The zero-order valence-electron chi connectivity index (χ0n) is 10.1. The third-order valence-electron chi connectivity index (χ3n) is 2.71. The van der Waals surface area contributed by atoms with E-state index >= 15 is 0 Å². The van der Waals surface area contributed by atoms with E-state index in [0.717, 1.165) is 16.9 Å². The molecule has 0 aromatic heterocycles. The van der Waals surface area contributed by atoms with Gasteiger partial charge in [-0.2, -0.15) is 0 Å². The molecule has 0 bridgehead atoms. The molecule has 0 saturated heterocycles. The van der Waals surface area contributed by atoms with Gasteiger partial charge in [-0.05, 0) is 30.7 Å². The summed E-state index contributed by atoms with van der Waals surface area (Å²) in [5.74, 6) is 0.763. The van der Waals surface area contributed by atoms with Gasteiger partial charge >= 0.3 is 0 Å². The van der Waals surface area contributed by atoms with Crippen LogP contribution in [0.2, 0.25) is 5.02 Å². The largest absolute Gasteiger partial charge is 0.489 e. The number of ether oxygens (including phenoxy) is 1. The molecule has 0 aliphatic carbocycles. The Morgan fingerprint density at radius 3 is 2.39 bits per heavy atom. The van der Waals surface area contributed by atoms with Crippen LogP contribution in [0.3, 0.4) is 0 Å². The second-order valence-corrected chi connectivity index (χ2v) is 4.53. The summed E-state index contributed by atoms with van der Waals surface area (Å²) in [6.45, 7) is 2.17. The fraction of sp³-hybridized carbons (Fsp3) is 0.200. The molecule has 2 rings (SSSR count). The Morgan fingerprint density at radius 2 is 1.78 bits per heavy atom. The minimum atomic E-state index is -0.456. The van der Waals surface area contributed by atoms with Crippen LogP contribution in [-0.2, 0) is 6.61 Å². The van der Waals surface area contributed by atoms with Gasteiger partial charge in [-0.15, -0.1) is 0 Å². The van der Waals surface area contributed by atoms with Crippen LogP contribution in [0.25, 0.3) is 0 Å². The van der Waals surface area contributed by atoms with Crippen molar-refractivity contribution in [2.75, 3.05) is 0 Å². The SMILES string of the molecule is C[C@@H](O)c1ccc(OCc2ccccc2Cl)cc1. The summed E-state index contributed by atoms with van der Waals surface area (Å²) in [4.78, 5) is 0. The third-order valence-corrected chi connectivity index (χ3v) is 3.08. The smallest absolute Gasteiger partial charge is 0.119 e. The summed E-state index contributed by atoms with van der Waals surface area (Å²) in [7, 11) is 0. The fourth-order valence-electron chi connectivity index (χ4n) is 1.62. The molecule has 1 atom stereocenters. The lowest BCUT2D eigenvalue weighted by Gasteiger charge is -2.09. The minimum Gasteiger partial charge on any atom is -0.489 e. The highest BCUT2D eigenvalue weighted by Crippen LogP contribution is 2.20. The van der Waals surface area contributed by atoms with Crippen molar-refractivity contribution < 1.29 is 9.84 Å². The molecule has 0 aliphatic rings. The molecule has 1 N–H and O–H groups in total. The van der Waals surface area contributed by atoms with Gasteiger partial charge in [0.25, 0.3) is 0 Å². The van der Waals surface area contributed by atoms with E-state index in [9.17, 15) is 5.11 Å². The van der Waals surface area contributed by atoms with Crippen LogP contribution in [-0.4, -0.2) is 5.11 Å². The van der Waals surface area contributed by atoms with E-state index in [4.69, 9.17) is 16.3 Å². The molecule has 0 spiro atoms. The van der Waals surface area contributed by atoms with E-state index in [1.165, 1.54) is 0 Å². The van der Waals surface area contributed by atoms with Gasteiger partial charge < -0.3 is 9.84 Å². The average molecular weight is 263 g/mol. The summed E-state index contributed by atoms with van der Waals surface area (Å²) in [5, 5.41) is 10.1. The maximum atomic E-state index is 9.40. The Hall–Kier alpha value is -1.51. The number of halogens is 1. The van der Waals surface area contributed by atoms with Crippen molar-refractivity contribution in [3.05, 3.63) is 64.7 Å². The number of benzene rings is 2. The van der Waals surface area contributed by atoms with E-state index in [0.29, 0.717) is 11.6 Å². The summed E-state index contributed by atoms with van der Waals surface area (Å²) in [5.41, 5.74) is 1.83. The number of rotatable bonds is 4. The molecule has 0 aliphatic heterocycles. The summed E-state index contributed by atoms with van der Waals surface area (Å²) in [6.07, 6.45) is -0.456. The van der Waals surface area contributed by atoms with Crippen molar-refractivity contribution in [2.45, 2.75) is 19.6 Å². The standard InChI is InChI=1S/C15H15ClO2/c1-11(17)12-6-8-14(9-7-12)18-10-13-4-2-3-5-15(13)16/h2-9,11,17H,10H2,1H3/t11-/m1/s1. The Balaban J connectivity index is 2.00. The molecule has 0 amide bonds. The molecule has 0 heterocycles. The van der Waals surface area contributed by atoms with Gasteiger partial charge in [0, 0.05) is 10.6 Å². The van der Waals surface area contributed by atoms with Crippen LogP contribution in [0.5, 0.6) is 5.75 Å². The molecule has 18 heavy (non-hydrogen) atoms. The Bertz CT molecular complexity index is 506. The van der Waals surface area contributed by atoms with Crippen LogP contribution < -0.4 is 4.74 Å². The number of aliphatic hydroxyl groups excluding tert-OH is 1. The number of hydrogen-bond donors (Lipinski definition) is 1. The van der Waals surface area contributed by atoms with Crippen molar-refractivity contribution in [1.82, 2.24) is 0 Å². The highest BCUT2D eigenvalue weighted by atomic mass is 35.5. The first-order valence-corrected chi connectivity index (χ1v) is 6.19. The van der Waals surface area contributed by atoms with Crippen LogP contribution in [0, 0.1) is 0 Å². The molecule has 94 valence electrons. The van der Waals surface area contributed by atoms with Gasteiger partial charge in [0.1, 0.15) is 12.4 Å². The van der Waals surface area contributed by atoms with E-state index in [2.05, 4.69) is 0 Å². The molecule has 0 unspecified atom stereocenters. The normalized spacial score (nSPS) is 12.2. The Morgan fingerprint density at radius 1 is 1.11 bits per heavy atom. The molecule has 0 saturated carbocycles. The lowest BCUT2D eigenvalue weighted by molar-refractivity contribution is 0.199. The first kappa shape index (κ1) is 12.9. The first-order valence-electron chi connectivity index (χ1n) is 5.81. The van der Waals surface area contributed by atoms with Gasteiger partial charge in [0.2, 0.25) is 0 Å². The van der Waals surface area contributed by atoms with Gasteiger partial charge in [-0.3, -0.25) is 0 Å². The monoisotopic (exact) mass is 262 g/mol. The third kappa shape index (κ3) is 3.25. The van der Waals surface area contributed by atoms with Crippen molar-refractivity contribution in [3.63, 3.8) is 0 Å². The highest BCUT2D eigenvalue weighted by molar-refractivity contribution is 6.31. The zero-order valence-corrected chi connectivity index (χ0v) is 10.9. The molecule has 2 aromatic carbocycles. The first-order chi connectivity index (χ1) is 8.66. The van der Waals surface area contributed by atoms with E-state index in [1.807, 2.05) is 48.5 Å². The minimum absolute atomic E-state index is 0.438. The maximum Gasteiger partial charge on any atom is 0.119 e. The summed E-state index contributed by atoms with van der Waals surface area (Å²) >= 11 is 6.04. The quantitative estimate of drug-likeness (QED) is 0.903. The van der Waals surface area contributed by atoms with Gasteiger partial charge in [0.05, 0.1) is 6.10 Å². The van der Waals surface area contributed by atoms with E-state index in [-0.39, 0.29) is 0 Å². The molecule has 2 nitrogen and oxygen atoms in total. The second-order valence-electron chi connectivity index (χ2n) is 4.13. The molecular formula is C15H15ClO2. The van der Waals surface area contributed by atoms with Crippen molar-refractivity contribution >= 4 is 11.6 Å². The number of hydrogen-bond acceptors (Lipinski definition) is 2. The Labute approximate surface area is 112 Å². The summed E-state index contributed by atoms with van der Waals surface area (Å²) in [6, 6.07) is 15.0. The van der Waals surface area contributed by atoms with Crippen LogP contribution in [0.4, 0.5) is 0 Å². The Kier molecular flexibility index (Phi) is 4.24. The van der Waals surface area contributed by atoms with Crippen LogP contribution >= 0.6 is 11.6 Å². The van der Waals surface area contributed by atoms with Gasteiger partial charge in [-0.25, -0.2) is 0 Å². The number of aliphatic hydroxyl groups is 1. The van der Waals surface area contributed by atoms with E-state index < -0.39 is 6.10 Å². The zero-order chi connectivity index (χ0) is 13.0. The lowest BCUT2D eigenvalue weighted by Crippen LogP contribution is -1.97. The van der Waals surface area contributed by atoms with Crippen molar-refractivity contribution in [3.8, 4) is 5.75 Å². The van der Waals surface area contributed by atoms with Crippen LogP contribution in [0.1, 0.15) is 24.2 Å². The second kappa shape index (κ2) is 5.89. The fourth-order valence-corrected chi connectivity index (χ4v) is 1.81.